The van der Waals surface area contributed by atoms with Crippen molar-refractivity contribution in [2.45, 2.75) is 43.5 Å². The maximum atomic E-state index is 4.59. The molecule has 102 valence electrons. The molecule has 1 atom stereocenters. The van der Waals surface area contributed by atoms with E-state index in [1.54, 1.807) is 23.1 Å². The molecule has 1 aromatic carbocycles. The zero-order valence-corrected chi connectivity index (χ0v) is 13.3. The van der Waals surface area contributed by atoms with Crippen molar-refractivity contribution in [1.29, 1.82) is 0 Å². The Morgan fingerprint density at radius 1 is 1.42 bits per heavy atom. The molecule has 1 N–H and O–H groups in total. The zero-order valence-electron chi connectivity index (χ0n) is 11.7. The van der Waals surface area contributed by atoms with Gasteiger partial charge in [0.15, 0.2) is 4.34 Å². The summed E-state index contributed by atoms with van der Waals surface area (Å²) in [6.45, 7) is 4.74. The van der Waals surface area contributed by atoms with Gasteiger partial charge in [-0.3, -0.25) is 0 Å². The van der Waals surface area contributed by atoms with Crippen LogP contribution in [0.3, 0.4) is 0 Å². The molecular weight excluding hydrogens is 272 g/mol. The van der Waals surface area contributed by atoms with Gasteiger partial charge < -0.3 is 5.32 Å². The summed E-state index contributed by atoms with van der Waals surface area (Å²) < 4.78 is 2.43. The molecule has 0 spiro atoms. The van der Waals surface area contributed by atoms with Crippen LogP contribution in [0.15, 0.2) is 22.5 Å². The number of hydrogen-bond acceptors (Lipinski definition) is 4. The molecule has 0 amide bonds. The number of thioether (sulfide) groups is 1. The van der Waals surface area contributed by atoms with Gasteiger partial charge in [-0.05, 0) is 42.7 Å². The van der Waals surface area contributed by atoms with E-state index in [4.69, 9.17) is 0 Å². The van der Waals surface area contributed by atoms with Gasteiger partial charge in [-0.2, -0.15) is 0 Å². The minimum absolute atomic E-state index is 0.410. The van der Waals surface area contributed by atoms with Crippen molar-refractivity contribution in [2.24, 2.45) is 5.41 Å². The number of fused-ring (bicyclic) bond motifs is 1. The molecule has 1 aromatic heterocycles. The second-order valence-corrected chi connectivity index (χ2v) is 8.03. The summed E-state index contributed by atoms with van der Waals surface area (Å²) in [5.41, 5.74) is 2.77. The molecule has 1 saturated carbocycles. The molecule has 0 saturated heterocycles. The highest BCUT2D eigenvalue weighted by atomic mass is 32.2. The quantitative estimate of drug-likeness (QED) is 0.805. The first-order chi connectivity index (χ1) is 9.08. The third-order valence-electron chi connectivity index (χ3n) is 4.14. The van der Waals surface area contributed by atoms with E-state index in [1.807, 2.05) is 0 Å². The second-order valence-electron chi connectivity index (χ2n) is 5.94. The highest BCUT2D eigenvalue weighted by Crippen LogP contribution is 2.39. The van der Waals surface area contributed by atoms with Crippen LogP contribution in [0.1, 0.15) is 33.1 Å². The van der Waals surface area contributed by atoms with Crippen LogP contribution in [0.5, 0.6) is 0 Å². The van der Waals surface area contributed by atoms with Gasteiger partial charge in [0.1, 0.15) is 0 Å². The van der Waals surface area contributed by atoms with Crippen molar-refractivity contribution in [3.63, 3.8) is 0 Å². The first-order valence-corrected chi connectivity index (χ1v) is 8.84. The van der Waals surface area contributed by atoms with Crippen LogP contribution in [0.4, 0.5) is 5.69 Å². The van der Waals surface area contributed by atoms with Gasteiger partial charge in [0.05, 0.1) is 10.2 Å². The normalized spacial score (nSPS) is 21.9. The third kappa shape index (κ3) is 2.61. The number of aromatic nitrogens is 1. The van der Waals surface area contributed by atoms with Gasteiger partial charge >= 0.3 is 0 Å². The molecule has 0 radical (unpaired) electrons. The molecule has 0 bridgehead atoms. The molecule has 1 aliphatic carbocycles. The topological polar surface area (TPSA) is 24.9 Å². The molecule has 19 heavy (non-hydrogen) atoms. The van der Waals surface area contributed by atoms with Crippen LogP contribution in [0.25, 0.3) is 10.2 Å². The monoisotopic (exact) mass is 292 g/mol. The maximum absolute atomic E-state index is 4.59. The molecule has 3 rings (SSSR count). The Bertz CT molecular complexity index is 589. The van der Waals surface area contributed by atoms with Crippen molar-refractivity contribution in [3.05, 3.63) is 18.2 Å². The summed E-state index contributed by atoms with van der Waals surface area (Å²) in [5.74, 6) is 0. The van der Waals surface area contributed by atoms with Gasteiger partial charge in [-0.25, -0.2) is 4.98 Å². The lowest BCUT2D eigenvalue weighted by atomic mass is 9.87. The van der Waals surface area contributed by atoms with Crippen LogP contribution in [0.2, 0.25) is 0 Å². The Hall–Kier alpha value is -0.740. The van der Waals surface area contributed by atoms with Gasteiger partial charge in [-0.15, -0.1) is 11.3 Å². The third-order valence-corrected chi connectivity index (χ3v) is 6.14. The molecule has 1 heterocycles. The van der Waals surface area contributed by atoms with E-state index in [1.165, 1.54) is 29.6 Å². The smallest absolute Gasteiger partial charge is 0.150 e. The van der Waals surface area contributed by atoms with Crippen LogP contribution in [-0.4, -0.2) is 17.3 Å². The van der Waals surface area contributed by atoms with Crippen molar-refractivity contribution in [3.8, 4) is 0 Å². The molecule has 1 unspecified atom stereocenters. The summed E-state index contributed by atoms with van der Waals surface area (Å²) >= 11 is 3.50. The average Bonchev–Trinajstić information content (AvgIpc) is 2.92. The number of nitrogens with one attached hydrogen (secondary N) is 1. The van der Waals surface area contributed by atoms with E-state index in [9.17, 15) is 0 Å². The van der Waals surface area contributed by atoms with E-state index < -0.39 is 0 Å². The Kier molecular flexibility index (Phi) is 3.48. The molecule has 2 nitrogen and oxygen atoms in total. The maximum Gasteiger partial charge on any atom is 0.150 e. The van der Waals surface area contributed by atoms with Gasteiger partial charge in [0, 0.05) is 11.7 Å². The van der Waals surface area contributed by atoms with Crippen molar-refractivity contribution in [2.75, 3.05) is 11.6 Å². The summed E-state index contributed by atoms with van der Waals surface area (Å²) in [5, 5.41) is 3.72. The average molecular weight is 292 g/mol. The molecule has 1 aliphatic rings. The number of nitrogens with zero attached hydrogens (tertiary/aromatic N) is 1. The largest absolute Gasteiger partial charge is 0.382 e. The highest BCUT2D eigenvalue weighted by molar-refractivity contribution is 8.00. The van der Waals surface area contributed by atoms with Gasteiger partial charge in [0.25, 0.3) is 0 Å². The lowest BCUT2D eigenvalue weighted by molar-refractivity contribution is 0.350. The number of rotatable bonds is 3. The summed E-state index contributed by atoms with van der Waals surface area (Å²) in [4.78, 5) is 4.59. The Morgan fingerprint density at radius 2 is 2.26 bits per heavy atom. The first kappa shape index (κ1) is 13.3. The van der Waals surface area contributed by atoms with Crippen LogP contribution < -0.4 is 5.32 Å². The molecule has 2 aromatic rings. The van der Waals surface area contributed by atoms with Crippen LogP contribution in [-0.2, 0) is 0 Å². The van der Waals surface area contributed by atoms with Crippen molar-refractivity contribution < 1.29 is 0 Å². The predicted molar refractivity (Wildman–Crippen MR) is 86.4 cm³/mol. The minimum Gasteiger partial charge on any atom is -0.382 e. The van der Waals surface area contributed by atoms with Gasteiger partial charge in [-0.1, -0.05) is 32.0 Å². The fourth-order valence-corrected chi connectivity index (χ4v) is 4.40. The van der Waals surface area contributed by atoms with E-state index in [-0.39, 0.29) is 0 Å². The molecule has 0 aliphatic heterocycles. The Morgan fingerprint density at radius 3 is 2.95 bits per heavy atom. The van der Waals surface area contributed by atoms with E-state index in [0.717, 1.165) is 9.86 Å². The highest BCUT2D eigenvalue weighted by Gasteiger charge is 2.34. The Balaban J connectivity index is 1.85. The summed E-state index contributed by atoms with van der Waals surface area (Å²) in [6.07, 6.45) is 6.02. The predicted octanol–water partition coefficient (Wildman–Crippen LogP) is 5.01. The first-order valence-electron chi connectivity index (χ1n) is 6.80. The van der Waals surface area contributed by atoms with E-state index >= 15 is 0 Å². The fraction of sp³-hybridized carbons (Fsp3) is 0.533. The lowest BCUT2D eigenvalue weighted by Gasteiger charge is -2.28. The molecule has 4 heteroatoms. The minimum atomic E-state index is 0.410. The standard InChI is InChI=1S/C15H20N2S2/c1-15(2)8-4-5-13(15)16-10-6-7-11-12(9-10)19-14(17-11)18-3/h6-7,9,13,16H,4-5,8H2,1-3H3. The molecule has 1 fully saturated rings. The van der Waals surface area contributed by atoms with E-state index in [2.05, 4.69) is 48.6 Å². The SMILES string of the molecule is CSc1nc2ccc(NC3CCCC3(C)C)cc2s1. The number of thiazole rings is 1. The lowest BCUT2D eigenvalue weighted by Crippen LogP contribution is -2.30. The van der Waals surface area contributed by atoms with Gasteiger partial charge in [0.2, 0.25) is 0 Å². The van der Waals surface area contributed by atoms with E-state index in [0.29, 0.717) is 11.5 Å². The zero-order chi connectivity index (χ0) is 13.5. The summed E-state index contributed by atoms with van der Waals surface area (Å²) in [6, 6.07) is 7.15. The Labute approximate surface area is 123 Å². The number of anilines is 1. The van der Waals surface area contributed by atoms with Crippen molar-refractivity contribution >= 4 is 39.0 Å². The van der Waals surface area contributed by atoms with Crippen LogP contribution in [0, 0.1) is 5.41 Å². The molecular formula is C15H20N2S2. The van der Waals surface area contributed by atoms with Crippen molar-refractivity contribution in [1.82, 2.24) is 4.98 Å². The van der Waals surface area contributed by atoms with Crippen LogP contribution >= 0.6 is 23.1 Å². The second kappa shape index (κ2) is 4.98. The summed E-state index contributed by atoms with van der Waals surface area (Å²) in [7, 11) is 0. The fourth-order valence-electron chi connectivity index (χ4n) is 2.88. The number of hydrogen-bond donors (Lipinski definition) is 1. The number of benzene rings is 1.